The van der Waals surface area contributed by atoms with Gasteiger partial charge in [-0.05, 0) is 12.1 Å². The first-order valence-corrected chi connectivity index (χ1v) is 6.72. The van der Waals surface area contributed by atoms with E-state index in [2.05, 4.69) is 15.4 Å². The van der Waals surface area contributed by atoms with Crippen molar-refractivity contribution < 1.29 is 13.9 Å². The highest BCUT2D eigenvalue weighted by Crippen LogP contribution is 2.09. The molecule has 0 aliphatic carbocycles. The first-order chi connectivity index (χ1) is 10.6. The zero-order valence-corrected chi connectivity index (χ0v) is 12.5. The number of methoxy groups -OCH3 is 1. The van der Waals surface area contributed by atoms with Crippen molar-refractivity contribution in [1.29, 1.82) is 0 Å². The van der Waals surface area contributed by atoms with Crippen molar-refractivity contribution in [2.75, 3.05) is 25.6 Å². The van der Waals surface area contributed by atoms with Gasteiger partial charge in [0.25, 0.3) is 0 Å². The third kappa shape index (κ3) is 4.52. The monoisotopic (exact) mass is 307 g/mol. The Hall–Kier alpha value is -2.48. The molecule has 2 amide bonds. The molecule has 22 heavy (non-hydrogen) atoms. The number of aromatic nitrogens is 3. The number of carbonyl (C=O) groups excluding carboxylic acids is 1. The SMILES string of the molecule is COCCN(Cc1cnn(C)c1)C(=O)Nc1ccc(F)nc1. The highest BCUT2D eigenvalue weighted by molar-refractivity contribution is 5.89. The molecular weight excluding hydrogens is 289 g/mol. The summed E-state index contributed by atoms with van der Waals surface area (Å²) in [6, 6.07) is 2.34. The van der Waals surface area contributed by atoms with Gasteiger partial charge >= 0.3 is 6.03 Å². The van der Waals surface area contributed by atoms with Crippen molar-refractivity contribution in [3.8, 4) is 0 Å². The maximum absolute atomic E-state index is 12.8. The van der Waals surface area contributed by atoms with E-state index in [1.807, 2.05) is 13.2 Å². The van der Waals surface area contributed by atoms with E-state index in [0.29, 0.717) is 25.4 Å². The lowest BCUT2D eigenvalue weighted by atomic mass is 10.3. The summed E-state index contributed by atoms with van der Waals surface area (Å²) in [5.74, 6) is -0.593. The van der Waals surface area contributed by atoms with Gasteiger partial charge in [0.15, 0.2) is 0 Å². The zero-order valence-electron chi connectivity index (χ0n) is 12.5. The van der Waals surface area contributed by atoms with Gasteiger partial charge in [-0.15, -0.1) is 0 Å². The molecule has 0 aromatic carbocycles. The molecule has 7 nitrogen and oxygen atoms in total. The number of halogens is 1. The number of rotatable bonds is 6. The number of urea groups is 1. The Morgan fingerprint density at radius 2 is 2.27 bits per heavy atom. The number of hydrogen-bond donors (Lipinski definition) is 1. The molecule has 0 aliphatic heterocycles. The van der Waals surface area contributed by atoms with Crippen LogP contribution in [0, 0.1) is 5.95 Å². The van der Waals surface area contributed by atoms with Gasteiger partial charge < -0.3 is 15.0 Å². The molecule has 0 saturated heterocycles. The fourth-order valence-electron chi connectivity index (χ4n) is 1.88. The van der Waals surface area contributed by atoms with Crippen LogP contribution in [0.4, 0.5) is 14.9 Å². The van der Waals surface area contributed by atoms with Crippen molar-refractivity contribution >= 4 is 11.7 Å². The molecular formula is C14H18FN5O2. The molecule has 2 heterocycles. The van der Waals surface area contributed by atoms with Crippen molar-refractivity contribution in [1.82, 2.24) is 19.7 Å². The summed E-state index contributed by atoms with van der Waals surface area (Å²) in [5, 5.41) is 6.76. The van der Waals surface area contributed by atoms with Gasteiger partial charge in [-0.3, -0.25) is 4.68 Å². The Labute approximate surface area is 127 Å². The average molecular weight is 307 g/mol. The maximum Gasteiger partial charge on any atom is 0.322 e. The first kappa shape index (κ1) is 15.9. The fraction of sp³-hybridized carbons (Fsp3) is 0.357. The van der Waals surface area contributed by atoms with Crippen LogP contribution < -0.4 is 5.32 Å². The summed E-state index contributed by atoms with van der Waals surface area (Å²) < 4.78 is 19.5. The molecule has 0 unspecified atom stereocenters. The Morgan fingerprint density at radius 1 is 1.45 bits per heavy atom. The number of amides is 2. The van der Waals surface area contributed by atoms with Crippen LogP contribution in [0.3, 0.4) is 0 Å². The van der Waals surface area contributed by atoms with E-state index in [0.717, 1.165) is 5.56 Å². The first-order valence-electron chi connectivity index (χ1n) is 6.72. The third-order valence-corrected chi connectivity index (χ3v) is 2.96. The van der Waals surface area contributed by atoms with Gasteiger partial charge in [-0.2, -0.15) is 9.49 Å². The van der Waals surface area contributed by atoms with Gasteiger partial charge in [-0.1, -0.05) is 0 Å². The summed E-state index contributed by atoms with van der Waals surface area (Å²) in [6.45, 7) is 1.23. The highest BCUT2D eigenvalue weighted by Gasteiger charge is 2.15. The van der Waals surface area contributed by atoms with Crippen molar-refractivity contribution in [3.05, 3.63) is 42.2 Å². The molecule has 118 valence electrons. The minimum Gasteiger partial charge on any atom is -0.383 e. The summed E-state index contributed by atoms with van der Waals surface area (Å²) in [4.78, 5) is 17.4. The van der Waals surface area contributed by atoms with Crippen LogP contribution in [0.5, 0.6) is 0 Å². The van der Waals surface area contributed by atoms with E-state index >= 15 is 0 Å². The van der Waals surface area contributed by atoms with Crippen LogP contribution in [0.2, 0.25) is 0 Å². The van der Waals surface area contributed by atoms with E-state index < -0.39 is 5.95 Å². The molecule has 2 rings (SSSR count). The fourth-order valence-corrected chi connectivity index (χ4v) is 1.88. The molecule has 2 aromatic heterocycles. The van der Waals surface area contributed by atoms with Crippen LogP contribution >= 0.6 is 0 Å². The van der Waals surface area contributed by atoms with Crippen LogP contribution in [0.25, 0.3) is 0 Å². The number of nitrogens with one attached hydrogen (secondary N) is 1. The Kier molecular flexibility index (Phi) is 5.42. The van der Waals surface area contributed by atoms with Crippen LogP contribution in [-0.4, -0.2) is 46.0 Å². The largest absolute Gasteiger partial charge is 0.383 e. The van der Waals surface area contributed by atoms with Crippen molar-refractivity contribution in [2.24, 2.45) is 7.05 Å². The smallest absolute Gasteiger partial charge is 0.322 e. The number of ether oxygens (including phenoxy) is 1. The van der Waals surface area contributed by atoms with Gasteiger partial charge in [0.1, 0.15) is 0 Å². The van der Waals surface area contributed by atoms with E-state index in [1.54, 1.807) is 22.9 Å². The molecule has 0 saturated carbocycles. The normalized spacial score (nSPS) is 10.5. The molecule has 8 heteroatoms. The number of nitrogens with zero attached hydrogens (tertiary/aromatic N) is 4. The zero-order chi connectivity index (χ0) is 15.9. The summed E-state index contributed by atoms with van der Waals surface area (Å²) in [6.07, 6.45) is 4.81. The lowest BCUT2D eigenvalue weighted by Crippen LogP contribution is -2.36. The second-order valence-electron chi connectivity index (χ2n) is 4.74. The standard InChI is InChI=1S/C14H18FN5O2/c1-19-9-11(7-17-19)10-20(5-6-22-2)14(21)18-12-3-4-13(15)16-8-12/h3-4,7-9H,5-6,10H2,1-2H3,(H,18,21). The molecule has 2 aromatic rings. The van der Waals surface area contributed by atoms with Gasteiger partial charge in [-0.25, -0.2) is 9.78 Å². The second kappa shape index (κ2) is 7.51. The van der Waals surface area contributed by atoms with Crippen LogP contribution in [-0.2, 0) is 18.3 Å². The predicted molar refractivity (Wildman–Crippen MR) is 78.7 cm³/mol. The third-order valence-electron chi connectivity index (χ3n) is 2.96. The van der Waals surface area contributed by atoms with E-state index in [9.17, 15) is 9.18 Å². The molecule has 0 spiro atoms. The second-order valence-corrected chi connectivity index (χ2v) is 4.74. The molecule has 0 fully saturated rings. The molecule has 0 atom stereocenters. The number of carbonyl (C=O) groups is 1. The molecule has 1 N–H and O–H groups in total. The lowest BCUT2D eigenvalue weighted by molar-refractivity contribution is 0.153. The van der Waals surface area contributed by atoms with Crippen LogP contribution in [0.1, 0.15) is 5.56 Å². The van der Waals surface area contributed by atoms with E-state index in [1.165, 1.54) is 18.3 Å². The number of aryl methyl sites for hydroxylation is 1. The number of anilines is 1. The van der Waals surface area contributed by atoms with Gasteiger partial charge in [0, 0.05) is 32.5 Å². The predicted octanol–water partition coefficient (Wildman–Crippen LogP) is 1.63. The quantitative estimate of drug-likeness (QED) is 0.823. The van der Waals surface area contributed by atoms with E-state index in [-0.39, 0.29) is 6.03 Å². The molecule has 0 bridgehead atoms. The minimum atomic E-state index is -0.593. The number of hydrogen-bond acceptors (Lipinski definition) is 4. The average Bonchev–Trinajstić information content (AvgIpc) is 2.91. The summed E-state index contributed by atoms with van der Waals surface area (Å²) >= 11 is 0. The summed E-state index contributed by atoms with van der Waals surface area (Å²) in [7, 11) is 3.39. The topological polar surface area (TPSA) is 72.3 Å². The maximum atomic E-state index is 12.8. The molecule has 0 aliphatic rings. The lowest BCUT2D eigenvalue weighted by Gasteiger charge is -2.22. The molecule has 0 radical (unpaired) electrons. The van der Waals surface area contributed by atoms with Crippen molar-refractivity contribution in [2.45, 2.75) is 6.54 Å². The van der Waals surface area contributed by atoms with Gasteiger partial charge in [0.2, 0.25) is 5.95 Å². The van der Waals surface area contributed by atoms with Crippen LogP contribution in [0.15, 0.2) is 30.7 Å². The van der Waals surface area contributed by atoms with Gasteiger partial charge in [0.05, 0.1) is 31.2 Å². The van der Waals surface area contributed by atoms with E-state index in [4.69, 9.17) is 4.74 Å². The summed E-state index contributed by atoms with van der Waals surface area (Å²) in [5.41, 5.74) is 1.34. The Balaban J connectivity index is 2.03. The Bertz CT molecular complexity index is 614. The highest BCUT2D eigenvalue weighted by atomic mass is 19.1. The van der Waals surface area contributed by atoms with Crippen molar-refractivity contribution in [3.63, 3.8) is 0 Å². The Morgan fingerprint density at radius 3 is 2.86 bits per heavy atom. The number of pyridine rings is 1. The minimum absolute atomic E-state index is 0.311.